The predicted molar refractivity (Wildman–Crippen MR) is 120 cm³/mol. The first-order chi connectivity index (χ1) is 12.0. The van der Waals surface area contributed by atoms with Gasteiger partial charge in [-0.15, -0.1) is 24.0 Å². The number of nitrogens with zero attached hydrogens (tertiary/aromatic N) is 2. The van der Waals surface area contributed by atoms with Crippen molar-refractivity contribution in [2.45, 2.75) is 45.1 Å². The number of nitrogens with one attached hydrogen (secondary N) is 1. The van der Waals surface area contributed by atoms with Crippen LogP contribution in [-0.4, -0.2) is 36.4 Å². The van der Waals surface area contributed by atoms with Crippen molar-refractivity contribution in [1.82, 2.24) is 10.2 Å². The predicted octanol–water partition coefficient (Wildman–Crippen LogP) is 4.37. The molecule has 0 spiro atoms. The number of carbonyl (C=O) groups excluding carboxylic acids is 1. The Balaban J connectivity index is 0.00000338. The van der Waals surface area contributed by atoms with Crippen LogP contribution in [0.5, 0.6) is 0 Å². The Morgan fingerprint density at radius 2 is 2.12 bits per heavy atom. The van der Waals surface area contributed by atoms with Gasteiger partial charge < -0.3 is 16.0 Å². The lowest BCUT2D eigenvalue weighted by Gasteiger charge is -2.20. The van der Waals surface area contributed by atoms with Crippen LogP contribution in [-0.2, 0) is 4.79 Å². The first-order valence-electron chi connectivity index (χ1n) is 8.76. The summed E-state index contributed by atoms with van der Waals surface area (Å²) in [7, 11) is 0. The van der Waals surface area contributed by atoms with E-state index in [0.717, 1.165) is 44.3 Å². The first-order valence-corrected chi connectivity index (χ1v) is 9.52. The molecule has 3 N–H and O–H groups in total. The lowest BCUT2D eigenvalue weighted by molar-refractivity contribution is -0.130. The van der Waals surface area contributed by atoms with Crippen molar-refractivity contribution in [1.29, 1.82) is 0 Å². The molecule has 0 bridgehead atoms. The third-order valence-electron chi connectivity index (χ3n) is 4.33. The molecule has 5 nitrogen and oxygen atoms in total. The molecule has 1 fully saturated rings. The van der Waals surface area contributed by atoms with E-state index in [1.807, 2.05) is 17.9 Å². The van der Waals surface area contributed by atoms with Gasteiger partial charge in [0, 0.05) is 36.1 Å². The molecule has 0 aliphatic carbocycles. The topological polar surface area (TPSA) is 70.7 Å². The van der Waals surface area contributed by atoms with Gasteiger partial charge in [-0.3, -0.25) is 9.79 Å². The Morgan fingerprint density at radius 3 is 2.85 bits per heavy atom. The molecule has 0 radical (unpaired) electrons. The highest BCUT2D eigenvalue weighted by molar-refractivity contribution is 14.0. The zero-order chi connectivity index (χ0) is 18.2. The lowest BCUT2D eigenvalue weighted by Crippen LogP contribution is -2.34. The second-order valence-corrected chi connectivity index (χ2v) is 7.19. The number of hydrogen-bond donors (Lipinski definition) is 2. The van der Waals surface area contributed by atoms with Gasteiger partial charge in [0.15, 0.2) is 5.96 Å². The van der Waals surface area contributed by atoms with E-state index in [-0.39, 0.29) is 35.9 Å². The standard InChI is InChI=1S/C18H26Cl2N4O.HI/c1-13(15-8-7-14(19)12-16(15)20)23-18(21)22-9-5-11-24-10-4-2-3-6-17(24)25;/h7-8,12-13H,2-6,9-11H2,1H3,(H3,21,22,23);1H. The van der Waals surface area contributed by atoms with E-state index in [0.29, 0.717) is 29.0 Å². The van der Waals surface area contributed by atoms with Gasteiger partial charge in [-0.25, -0.2) is 0 Å². The van der Waals surface area contributed by atoms with Crippen molar-refractivity contribution in [2.24, 2.45) is 10.7 Å². The number of halogens is 3. The van der Waals surface area contributed by atoms with E-state index in [2.05, 4.69) is 10.3 Å². The summed E-state index contributed by atoms with van der Waals surface area (Å²) in [5.41, 5.74) is 6.87. The fourth-order valence-corrected chi connectivity index (χ4v) is 3.51. The number of nitrogens with two attached hydrogens (primary N) is 1. The highest BCUT2D eigenvalue weighted by atomic mass is 127. The molecule has 1 aliphatic heterocycles. The molecule has 1 heterocycles. The van der Waals surface area contributed by atoms with Crippen LogP contribution in [0, 0.1) is 0 Å². The quantitative estimate of drug-likeness (QED) is 0.257. The van der Waals surface area contributed by atoms with Gasteiger partial charge >= 0.3 is 0 Å². The zero-order valence-corrected chi connectivity index (χ0v) is 18.9. The number of benzene rings is 1. The molecule has 1 aromatic carbocycles. The van der Waals surface area contributed by atoms with Gasteiger partial charge in [-0.05, 0) is 43.9 Å². The molecule has 2 rings (SSSR count). The Kier molecular flexibility index (Phi) is 10.6. The molecule has 1 aromatic rings. The van der Waals surface area contributed by atoms with Gasteiger partial charge in [-0.1, -0.05) is 35.7 Å². The minimum atomic E-state index is -0.0688. The maximum atomic E-state index is 11.9. The van der Waals surface area contributed by atoms with Crippen molar-refractivity contribution in [2.75, 3.05) is 19.6 Å². The average molecular weight is 513 g/mol. The molecule has 1 aliphatic rings. The summed E-state index contributed by atoms with van der Waals surface area (Å²) in [5.74, 6) is 0.638. The van der Waals surface area contributed by atoms with E-state index < -0.39 is 0 Å². The summed E-state index contributed by atoms with van der Waals surface area (Å²) in [6.07, 6.45) is 4.73. The number of guanidine groups is 1. The summed E-state index contributed by atoms with van der Waals surface area (Å²) in [5, 5.41) is 4.33. The molecule has 0 aromatic heterocycles. The molecule has 1 saturated heterocycles. The Labute approximate surface area is 182 Å². The van der Waals surface area contributed by atoms with Crippen LogP contribution in [0.25, 0.3) is 0 Å². The fourth-order valence-electron chi connectivity index (χ4n) is 2.93. The maximum Gasteiger partial charge on any atom is 0.222 e. The van der Waals surface area contributed by atoms with E-state index in [4.69, 9.17) is 28.9 Å². The van der Waals surface area contributed by atoms with E-state index in [1.54, 1.807) is 12.1 Å². The smallest absolute Gasteiger partial charge is 0.222 e. The Hall–Kier alpha value is -0.730. The van der Waals surface area contributed by atoms with Crippen molar-refractivity contribution in [3.8, 4) is 0 Å². The molecule has 26 heavy (non-hydrogen) atoms. The van der Waals surface area contributed by atoms with Crippen LogP contribution in [0.3, 0.4) is 0 Å². The monoisotopic (exact) mass is 512 g/mol. The SMILES string of the molecule is CC(NC(N)=NCCCN1CCCCCC1=O)c1ccc(Cl)cc1Cl.I. The van der Waals surface area contributed by atoms with Crippen LogP contribution < -0.4 is 11.1 Å². The summed E-state index contributed by atoms with van der Waals surface area (Å²) >= 11 is 12.1. The van der Waals surface area contributed by atoms with Crippen molar-refractivity contribution < 1.29 is 4.79 Å². The van der Waals surface area contributed by atoms with Crippen molar-refractivity contribution in [3.63, 3.8) is 0 Å². The molecular weight excluding hydrogens is 486 g/mol. The fraction of sp³-hybridized carbons (Fsp3) is 0.556. The number of likely N-dealkylation sites (tertiary alicyclic amines) is 1. The molecule has 8 heteroatoms. The normalized spacial score (nSPS) is 16.7. The molecule has 1 atom stereocenters. The van der Waals surface area contributed by atoms with Gasteiger partial charge in [0.2, 0.25) is 5.91 Å². The zero-order valence-electron chi connectivity index (χ0n) is 15.0. The number of amides is 1. The number of hydrogen-bond acceptors (Lipinski definition) is 2. The van der Waals surface area contributed by atoms with Crippen LogP contribution in [0.4, 0.5) is 0 Å². The Morgan fingerprint density at radius 1 is 1.35 bits per heavy atom. The highest BCUT2D eigenvalue weighted by Crippen LogP contribution is 2.25. The molecular formula is C18H27Cl2IN4O. The maximum absolute atomic E-state index is 11.9. The van der Waals surface area contributed by atoms with Crippen molar-refractivity contribution >= 4 is 59.0 Å². The lowest BCUT2D eigenvalue weighted by atomic mass is 10.1. The van der Waals surface area contributed by atoms with Crippen LogP contribution in [0.2, 0.25) is 10.0 Å². The second kappa shape index (κ2) is 11.9. The van der Waals surface area contributed by atoms with E-state index >= 15 is 0 Å². The third-order valence-corrected chi connectivity index (χ3v) is 4.90. The second-order valence-electron chi connectivity index (χ2n) is 6.34. The first kappa shape index (κ1) is 23.3. The van der Waals surface area contributed by atoms with E-state index in [9.17, 15) is 4.79 Å². The molecule has 146 valence electrons. The van der Waals surface area contributed by atoms with Crippen LogP contribution in [0.15, 0.2) is 23.2 Å². The summed E-state index contributed by atoms with van der Waals surface area (Å²) in [6, 6.07) is 5.32. The van der Waals surface area contributed by atoms with Gasteiger partial charge in [-0.2, -0.15) is 0 Å². The minimum absolute atomic E-state index is 0. The summed E-state index contributed by atoms with van der Waals surface area (Å²) in [6.45, 7) is 4.16. The summed E-state index contributed by atoms with van der Waals surface area (Å²) < 4.78 is 0. The van der Waals surface area contributed by atoms with Crippen LogP contribution >= 0.6 is 47.2 Å². The van der Waals surface area contributed by atoms with Crippen molar-refractivity contribution in [3.05, 3.63) is 33.8 Å². The van der Waals surface area contributed by atoms with Gasteiger partial charge in [0.1, 0.15) is 0 Å². The van der Waals surface area contributed by atoms with E-state index in [1.165, 1.54) is 0 Å². The largest absolute Gasteiger partial charge is 0.370 e. The third kappa shape index (κ3) is 7.48. The molecule has 1 amide bonds. The molecule has 0 saturated carbocycles. The Bertz CT molecular complexity index is 627. The number of rotatable bonds is 6. The number of carbonyl (C=O) groups is 1. The van der Waals surface area contributed by atoms with Gasteiger partial charge in [0.25, 0.3) is 0 Å². The van der Waals surface area contributed by atoms with Crippen LogP contribution in [0.1, 0.15) is 50.6 Å². The average Bonchev–Trinajstić information content (AvgIpc) is 2.76. The minimum Gasteiger partial charge on any atom is -0.370 e. The highest BCUT2D eigenvalue weighted by Gasteiger charge is 2.15. The summed E-state index contributed by atoms with van der Waals surface area (Å²) in [4.78, 5) is 18.2. The molecule has 1 unspecified atom stereocenters. The number of aliphatic imine (C=N–C) groups is 1. The van der Waals surface area contributed by atoms with Gasteiger partial charge in [0.05, 0.1) is 6.04 Å².